The summed E-state index contributed by atoms with van der Waals surface area (Å²) in [6.07, 6.45) is 6.06. The van der Waals surface area contributed by atoms with E-state index in [9.17, 15) is 4.79 Å². The van der Waals surface area contributed by atoms with Crippen LogP contribution in [0, 0.1) is 5.92 Å². The van der Waals surface area contributed by atoms with E-state index in [-0.39, 0.29) is 5.91 Å². The molecular weight excluding hydrogens is 348 g/mol. The Hall–Kier alpha value is -2.66. The van der Waals surface area contributed by atoms with Crippen molar-refractivity contribution in [3.05, 3.63) is 72.1 Å². The minimum atomic E-state index is 0.142. The van der Waals surface area contributed by atoms with E-state index < -0.39 is 0 Å². The van der Waals surface area contributed by atoms with Gasteiger partial charge in [-0.1, -0.05) is 36.4 Å². The first kappa shape index (κ1) is 16.3. The third kappa shape index (κ3) is 2.29. The van der Waals surface area contributed by atoms with Gasteiger partial charge in [0.15, 0.2) is 0 Å². The van der Waals surface area contributed by atoms with Gasteiger partial charge in [-0.05, 0) is 49.5 Å². The minimum absolute atomic E-state index is 0.142. The topological polar surface area (TPSA) is 40.9 Å². The van der Waals surface area contributed by atoms with Gasteiger partial charge in [0.1, 0.15) is 0 Å². The Bertz CT molecular complexity index is 1020. The molecule has 0 saturated carbocycles. The van der Waals surface area contributed by atoms with Crippen molar-refractivity contribution in [2.24, 2.45) is 5.92 Å². The third-order valence-corrected chi connectivity index (χ3v) is 7.14. The molecular formula is C23H24N4O. The van der Waals surface area contributed by atoms with E-state index in [4.69, 9.17) is 0 Å². The molecule has 5 heteroatoms. The molecule has 4 saturated heterocycles. The van der Waals surface area contributed by atoms with Crippen LogP contribution in [0.15, 0.2) is 60.9 Å². The van der Waals surface area contributed by atoms with E-state index in [1.807, 2.05) is 24.4 Å². The maximum atomic E-state index is 13.7. The molecule has 3 aromatic rings. The molecule has 0 aliphatic carbocycles. The zero-order valence-electron chi connectivity index (χ0n) is 15.8. The fourth-order valence-electron chi connectivity index (χ4n) is 5.90. The molecule has 5 nitrogen and oxygen atoms in total. The number of aromatic nitrogens is 2. The zero-order valence-corrected chi connectivity index (χ0v) is 15.8. The Morgan fingerprint density at radius 2 is 1.75 bits per heavy atom. The molecule has 142 valence electrons. The van der Waals surface area contributed by atoms with Gasteiger partial charge in [0.25, 0.3) is 5.91 Å². The lowest BCUT2D eigenvalue weighted by atomic mass is 9.75. The number of rotatable bonds is 2. The lowest BCUT2D eigenvalue weighted by molar-refractivity contribution is -0.00334. The Labute approximate surface area is 164 Å². The predicted octanol–water partition coefficient (Wildman–Crippen LogP) is 3.04. The Morgan fingerprint density at radius 1 is 0.964 bits per heavy atom. The summed E-state index contributed by atoms with van der Waals surface area (Å²) in [5.41, 5.74) is 2.98. The van der Waals surface area contributed by atoms with Crippen LogP contribution in [-0.4, -0.2) is 57.0 Å². The summed E-state index contributed by atoms with van der Waals surface area (Å²) < 4.78 is 1.80. The molecule has 2 aromatic heterocycles. The van der Waals surface area contributed by atoms with Gasteiger partial charge in [0, 0.05) is 24.7 Å². The van der Waals surface area contributed by atoms with Crippen molar-refractivity contribution >= 4 is 11.4 Å². The number of hydrogen-bond acceptors (Lipinski definition) is 3. The van der Waals surface area contributed by atoms with Gasteiger partial charge in [-0.15, -0.1) is 0 Å². The predicted molar refractivity (Wildman–Crippen MR) is 107 cm³/mol. The molecule has 4 aliphatic rings. The third-order valence-electron chi connectivity index (χ3n) is 7.14. The second kappa shape index (κ2) is 6.17. The summed E-state index contributed by atoms with van der Waals surface area (Å²) in [6, 6.07) is 17.4. The van der Waals surface area contributed by atoms with Crippen molar-refractivity contribution in [3.8, 4) is 0 Å². The maximum Gasteiger partial charge on any atom is 0.258 e. The van der Waals surface area contributed by atoms with Crippen LogP contribution >= 0.6 is 0 Å². The van der Waals surface area contributed by atoms with Crippen LogP contribution in [0.4, 0.5) is 0 Å². The molecule has 2 bridgehead atoms. The first-order chi connectivity index (χ1) is 13.8. The van der Waals surface area contributed by atoms with Crippen LogP contribution in [0.2, 0.25) is 0 Å². The zero-order chi connectivity index (χ0) is 18.7. The number of likely N-dealkylation sites (tertiary alicyclic amines) is 1. The van der Waals surface area contributed by atoms with Crippen molar-refractivity contribution in [3.63, 3.8) is 0 Å². The molecule has 28 heavy (non-hydrogen) atoms. The fourth-order valence-corrected chi connectivity index (χ4v) is 5.90. The number of piperidine rings is 3. The molecule has 1 aromatic carbocycles. The van der Waals surface area contributed by atoms with Crippen molar-refractivity contribution in [2.75, 3.05) is 19.6 Å². The van der Waals surface area contributed by atoms with Gasteiger partial charge in [0.05, 0.1) is 23.3 Å². The highest BCUT2D eigenvalue weighted by Gasteiger charge is 2.54. The number of hydrogen-bond donors (Lipinski definition) is 0. The molecule has 0 radical (unpaired) electrons. The molecule has 4 aliphatic heterocycles. The summed E-state index contributed by atoms with van der Waals surface area (Å²) in [5.74, 6) is 1.15. The van der Waals surface area contributed by atoms with Crippen molar-refractivity contribution in [1.29, 1.82) is 0 Å². The van der Waals surface area contributed by atoms with Gasteiger partial charge in [-0.2, -0.15) is 5.10 Å². The van der Waals surface area contributed by atoms with Crippen LogP contribution in [0.25, 0.3) is 5.52 Å². The maximum absolute atomic E-state index is 13.7. The van der Waals surface area contributed by atoms with E-state index in [1.54, 1.807) is 10.7 Å². The number of amides is 1. The Balaban J connectivity index is 1.42. The molecule has 0 spiro atoms. The first-order valence-electron chi connectivity index (χ1n) is 10.3. The molecule has 1 amide bonds. The molecule has 3 atom stereocenters. The lowest BCUT2D eigenvalue weighted by Gasteiger charge is -2.51. The van der Waals surface area contributed by atoms with Gasteiger partial charge in [0.2, 0.25) is 0 Å². The first-order valence-corrected chi connectivity index (χ1v) is 10.3. The Kier molecular flexibility index (Phi) is 3.60. The number of pyridine rings is 1. The summed E-state index contributed by atoms with van der Waals surface area (Å²) in [5, 5.41) is 4.40. The second-order valence-electron chi connectivity index (χ2n) is 8.42. The number of nitrogens with zero attached hydrogens (tertiary/aromatic N) is 4. The molecule has 0 unspecified atom stereocenters. The molecule has 4 fully saturated rings. The smallest absolute Gasteiger partial charge is 0.258 e. The minimum Gasteiger partial charge on any atom is -0.333 e. The Morgan fingerprint density at radius 3 is 2.57 bits per heavy atom. The van der Waals surface area contributed by atoms with Crippen LogP contribution < -0.4 is 0 Å². The summed E-state index contributed by atoms with van der Waals surface area (Å²) in [6.45, 7) is 3.15. The fraction of sp³-hybridized carbons (Fsp3) is 0.391. The van der Waals surface area contributed by atoms with Gasteiger partial charge in [-0.3, -0.25) is 9.69 Å². The average Bonchev–Trinajstić information content (AvgIpc) is 3.38. The second-order valence-corrected chi connectivity index (χ2v) is 8.42. The van der Waals surface area contributed by atoms with Crippen LogP contribution in [-0.2, 0) is 0 Å². The van der Waals surface area contributed by atoms with Gasteiger partial charge >= 0.3 is 0 Å². The normalized spacial score (nSPS) is 31.3. The van der Waals surface area contributed by atoms with Crippen molar-refractivity contribution in [1.82, 2.24) is 19.4 Å². The monoisotopic (exact) mass is 372 g/mol. The van der Waals surface area contributed by atoms with Crippen molar-refractivity contribution < 1.29 is 4.79 Å². The summed E-state index contributed by atoms with van der Waals surface area (Å²) in [7, 11) is 0. The number of benzene rings is 1. The van der Waals surface area contributed by atoms with Crippen LogP contribution in [0.3, 0.4) is 0 Å². The molecule has 0 N–H and O–H groups in total. The van der Waals surface area contributed by atoms with Gasteiger partial charge < -0.3 is 4.90 Å². The molecule has 6 heterocycles. The largest absolute Gasteiger partial charge is 0.333 e. The lowest BCUT2D eigenvalue weighted by Crippen LogP contribution is -2.60. The standard InChI is InChI=1S/C23H24N4O/c28-23(18-14-24-27-11-5-4-8-20(18)27)26-15-19(16-6-2-1-3-7-16)22-21(26)17-9-12-25(22)13-10-17/h1-8,11,14,17,19,21-22H,9-10,12-13,15H2/t19-,21+,22+/m1/s1. The van der Waals surface area contributed by atoms with Crippen LogP contribution in [0.1, 0.15) is 34.7 Å². The number of fused-ring (bicyclic) bond motifs is 3. The SMILES string of the molecule is O=C(c1cnn2ccccc12)N1C[C@H](c2ccccc2)[C@H]2[C@@H]1C1CCN2CC1. The highest BCUT2D eigenvalue weighted by Crippen LogP contribution is 2.47. The quantitative estimate of drug-likeness (QED) is 0.694. The number of carbonyl (C=O) groups excluding carboxylic acids is 1. The highest BCUT2D eigenvalue weighted by molar-refractivity contribution is 6.01. The highest BCUT2D eigenvalue weighted by atomic mass is 16.2. The number of carbonyl (C=O) groups is 1. The van der Waals surface area contributed by atoms with E-state index in [1.165, 1.54) is 31.5 Å². The van der Waals surface area contributed by atoms with E-state index in [0.29, 0.717) is 23.9 Å². The van der Waals surface area contributed by atoms with E-state index >= 15 is 0 Å². The van der Waals surface area contributed by atoms with Crippen molar-refractivity contribution in [2.45, 2.75) is 30.8 Å². The van der Waals surface area contributed by atoms with Crippen LogP contribution in [0.5, 0.6) is 0 Å². The van der Waals surface area contributed by atoms with Gasteiger partial charge in [-0.25, -0.2) is 4.52 Å². The van der Waals surface area contributed by atoms with E-state index in [2.05, 4.69) is 45.2 Å². The summed E-state index contributed by atoms with van der Waals surface area (Å²) >= 11 is 0. The average molecular weight is 372 g/mol. The molecule has 7 rings (SSSR count). The summed E-state index contributed by atoms with van der Waals surface area (Å²) in [4.78, 5) is 18.5. The van der Waals surface area contributed by atoms with E-state index in [0.717, 1.165) is 17.6 Å².